The Hall–Kier alpha value is -1.40. The van der Waals surface area contributed by atoms with Gasteiger partial charge in [0, 0.05) is 10.4 Å². The highest BCUT2D eigenvalue weighted by atomic mass is 32.1. The minimum atomic E-state index is -1.23. The number of quaternary nitrogens is 1. The van der Waals surface area contributed by atoms with Crippen molar-refractivity contribution < 1.29 is 19.6 Å². The van der Waals surface area contributed by atoms with Crippen molar-refractivity contribution in [3.63, 3.8) is 0 Å². The number of piperidine rings is 1. The van der Waals surface area contributed by atoms with E-state index in [1.165, 1.54) is 22.7 Å². The maximum Gasteiger partial charge on any atom is 0.280 e. The molecule has 2 N–H and O–H groups in total. The second kappa shape index (κ2) is 6.37. The summed E-state index contributed by atoms with van der Waals surface area (Å²) in [6.07, 6.45) is 3.55. The predicted octanol–water partition coefficient (Wildman–Crippen LogP) is -0.264. The molecule has 6 heteroatoms. The van der Waals surface area contributed by atoms with Crippen LogP contribution in [0.3, 0.4) is 0 Å². The van der Waals surface area contributed by atoms with E-state index < -0.39 is 5.97 Å². The van der Waals surface area contributed by atoms with Crippen LogP contribution in [0.4, 0.5) is 5.00 Å². The highest BCUT2D eigenvalue weighted by Gasteiger charge is 2.20. The lowest BCUT2D eigenvalue weighted by Crippen LogP contribution is -3.13. The monoisotopic (exact) mass is 296 g/mol. The van der Waals surface area contributed by atoms with E-state index in [1.54, 1.807) is 6.92 Å². The van der Waals surface area contributed by atoms with Gasteiger partial charge in [-0.2, -0.15) is 0 Å². The second-order valence-electron chi connectivity index (χ2n) is 5.31. The molecule has 20 heavy (non-hydrogen) atoms. The van der Waals surface area contributed by atoms with Crippen molar-refractivity contribution in [2.24, 2.45) is 0 Å². The van der Waals surface area contributed by atoms with Crippen LogP contribution in [0.1, 0.15) is 40.1 Å². The fourth-order valence-corrected chi connectivity index (χ4v) is 3.65. The number of hydrogen-bond donors (Lipinski definition) is 2. The van der Waals surface area contributed by atoms with Crippen LogP contribution in [0, 0.1) is 13.8 Å². The summed E-state index contributed by atoms with van der Waals surface area (Å²) in [6.45, 7) is 6.02. The van der Waals surface area contributed by atoms with Gasteiger partial charge in [-0.25, -0.2) is 0 Å². The van der Waals surface area contributed by atoms with Gasteiger partial charge >= 0.3 is 0 Å². The van der Waals surface area contributed by atoms with Crippen molar-refractivity contribution in [1.82, 2.24) is 0 Å². The number of carboxylic acid groups (broad SMARTS) is 1. The fourth-order valence-electron chi connectivity index (χ4n) is 2.59. The highest BCUT2D eigenvalue weighted by molar-refractivity contribution is 7.16. The van der Waals surface area contributed by atoms with Gasteiger partial charge < -0.3 is 20.1 Å². The number of aryl methyl sites for hydroxylation is 1. The van der Waals surface area contributed by atoms with Crippen LogP contribution in [-0.4, -0.2) is 31.5 Å². The van der Waals surface area contributed by atoms with E-state index in [2.05, 4.69) is 5.32 Å². The van der Waals surface area contributed by atoms with E-state index in [4.69, 9.17) is 0 Å². The van der Waals surface area contributed by atoms with Crippen LogP contribution in [0.25, 0.3) is 0 Å². The molecule has 0 atom stereocenters. The van der Waals surface area contributed by atoms with Gasteiger partial charge in [0.1, 0.15) is 5.00 Å². The van der Waals surface area contributed by atoms with Crippen LogP contribution in [0.15, 0.2) is 0 Å². The van der Waals surface area contributed by atoms with E-state index in [0.29, 0.717) is 17.1 Å². The summed E-state index contributed by atoms with van der Waals surface area (Å²) < 4.78 is 0. The van der Waals surface area contributed by atoms with Gasteiger partial charge in [0.15, 0.2) is 6.54 Å². The minimum absolute atomic E-state index is 0.120. The number of aromatic carboxylic acids is 1. The van der Waals surface area contributed by atoms with Crippen molar-refractivity contribution in [2.75, 3.05) is 25.0 Å². The van der Waals surface area contributed by atoms with Crippen molar-refractivity contribution >= 4 is 28.2 Å². The minimum Gasteiger partial charge on any atom is -0.545 e. The zero-order chi connectivity index (χ0) is 14.7. The van der Waals surface area contributed by atoms with Gasteiger partial charge in [-0.15, -0.1) is 11.3 Å². The summed E-state index contributed by atoms with van der Waals surface area (Å²) in [5, 5.41) is 14.3. The lowest BCUT2D eigenvalue weighted by Gasteiger charge is -2.22. The topological polar surface area (TPSA) is 73.7 Å². The molecule has 2 heterocycles. The molecule has 2 rings (SSSR count). The third-order valence-corrected chi connectivity index (χ3v) is 4.94. The quantitative estimate of drug-likeness (QED) is 0.804. The third kappa shape index (κ3) is 3.37. The molecule has 0 radical (unpaired) electrons. The SMILES string of the molecule is Cc1sc(NC(=O)C[NH+]2CCCCC2)c(C(=O)[O-])c1C. The lowest BCUT2D eigenvalue weighted by atomic mass is 10.1. The summed E-state index contributed by atoms with van der Waals surface area (Å²) in [5.74, 6) is -1.35. The van der Waals surface area contributed by atoms with E-state index in [1.807, 2.05) is 6.92 Å². The smallest absolute Gasteiger partial charge is 0.280 e. The van der Waals surface area contributed by atoms with E-state index in [-0.39, 0.29) is 11.5 Å². The Morgan fingerprint density at radius 2 is 1.90 bits per heavy atom. The molecule has 0 spiro atoms. The van der Waals surface area contributed by atoms with E-state index >= 15 is 0 Å². The Balaban J connectivity index is 2.04. The van der Waals surface area contributed by atoms with Gasteiger partial charge in [-0.05, 0) is 38.7 Å². The molecule has 1 saturated heterocycles. The van der Waals surface area contributed by atoms with Gasteiger partial charge in [0.2, 0.25) is 0 Å². The van der Waals surface area contributed by atoms with Crippen LogP contribution in [-0.2, 0) is 4.79 Å². The number of anilines is 1. The molecule has 0 aliphatic carbocycles. The fraction of sp³-hybridized carbons (Fsp3) is 0.571. The molecule has 1 aliphatic rings. The Bertz CT molecular complexity index is 519. The van der Waals surface area contributed by atoms with Crippen LogP contribution >= 0.6 is 11.3 Å². The van der Waals surface area contributed by atoms with Crippen molar-refractivity contribution in [1.29, 1.82) is 0 Å². The molecular formula is C14H20N2O3S. The first kappa shape index (κ1) is 15.0. The van der Waals surface area contributed by atoms with Crippen molar-refractivity contribution in [3.8, 4) is 0 Å². The summed E-state index contributed by atoms with van der Waals surface area (Å²) in [7, 11) is 0. The second-order valence-corrected chi connectivity index (χ2v) is 6.54. The number of hydrogen-bond acceptors (Lipinski definition) is 4. The molecule has 0 saturated carbocycles. The number of carboxylic acids is 1. The van der Waals surface area contributed by atoms with Crippen molar-refractivity contribution in [2.45, 2.75) is 33.1 Å². The van der Waals surface area contributed by atoms with Crippen LogP contribution in [0.5, 0.6) is 0 Å². The highest BCUT2D eigenvalue weighted by Crippen LogP contribution is 2.31. The van der Waals surface area contributed by atoms with Crippen molar-refractivity contribution in [3.05, 3.63) is 16.0 Å². The lowest BCUT2D eigenvalue weighted by molar-refractivity contribution is -0.896. The molecule has 1 amide bonds. The number of nitrogens with one attached hydrogen (secondary N) is 2. The Morgan fingerprint density at radius 3 is 2.50 bits per heavy atom. The van der Waals surface area contributed by atoms with Crippen LogP contribution in [0.2, 0.25) is 0 Å². The average molecular weight is 296 g/mol. The summed E-state index contributed by atoms with van der Waals surface area (Å²) in [5.41, 5.74) is 0.796. The van der Waals surface area contributed by atoms with Gasteiger partial charge in [-0.3, -0.25) is 4.79 Å². The number of likely N-dealkylation sites (tertiary alicyclic amines) is 1. The van der Waals surface area contributed by atoms with E-state index in [9.17, 15) is 14.7 Å². The standard InChI is InChI=1S/C14H20N2O3S/c1-9-10(2)20-13(12(9)14(18)19)15-11(17)8-16-6-4-3-5-7-16/h3-8H2,1-2H3,(H,15,17)(H,18,19). The Labute approximate surface area is 122 Å². The maximum atomic E-state index is 12.0. The summed E-state index contributed by atoms with van der Waals surface area (Å²) in [4.78, 5) is 25.4. The Morgan fingerprint density at radius 1 is 1.25 bits per heavy atom. The molecule has 0 aromatic carbocycles. The normalized spacial score (nSPS) is 16.1. The first-order chi connectivity index (χ1) is 9.49. The summed E-state index contributed by atoms with van der Waals surface area (Å²) in [6, 6.07) is 0. The number of amides is 1. The molecule has 110 valence electrons. The largest absolute Gasteiger partial charge is 0.545 e. The number of thiophene rings is 1. The van der Waals surface area contributed by atoms with Crippen LogP contribution < -0.4 is 15.3 Å². The molecular weight excluding hydrogens is 276 g/mol. The Kier molecular flexibility index (Phi) is 4.77. The summed E-state index contributed by atoms with van der Waals surface area (Å²) >= 11 is 1.30. The van der Waals surface area contributed by atoms with Gasteiger partial charge in [-0.1, -0.05) is 0 Å². The molecule has 1 aromatic rings. The molecule has 0 unspecified atom stereocenters. The zero-order valence-electron chi connectivity index (χ0n) is 11.9. The number of carbonyl (C=O) groups excluding carboxylic acids is 2. The third-order valence-electron chi connectivity index (χ3n) is 3.81. The molecule has 1 fully saturated rings. The first-order valence-electron chi connectivity index (χ1n) is 6.93. The molecule has 1 aliphatic heterocycles. The molecule has 5 nitrogen and oxygen atoms in total. The zero-order valence-corrected chi connectivity index (χ0v) is 12.7. The van der Waals surface area contributed by atoms with E-state index in [0.717, 1.165) is 30.8 Å². The average Bonchev–Trinajstić information content (AvgIpc) is 2.65. The first-order valence-corrected chi connectivity index (χ1v) is 7.75. The van der Waals surface area contributed by atoms with Gasteiger partial charge in [0.05, 0.1) is 19.1 Å². The predicted molar refractivity (Wildman–Crippen MR) is 76.2 cm³/mol. The molecule has 1 aromatic heterocycles. The number of rotatable bonds is 4. The molecule has 0 bridgehead atoms. The maximum absolute atomic E-state index is 12.0. The van der Waals surface area contributed by atoms with Gasteiger partial charge in [0.25, 0.3) is 5.91 Å². The number of carbonyl (C=O) groups is 2.